The van der Waals surface area contributed by atoms with Crippen molar-refractivity contribution in [1.29, 1.82) is 0 Å². The number of aliphatic hydroxyl groups excluding tert-OH is 1. The number of urea groups is 1. The SMILES string of the molecule is O=C(N[C@@H](CO)c1cccc(O)c1)N1CCC[C@@H]2CN3CCc4ccccc4[C@H]3C[C@@H]21. The highest BCUT2D eigenvalue weighted by Gasteiger charge is 2.44. The van der Waals surface area contributed by atoms with Crippen LogP contribution in [0.15, 0.2) is 48.5 Å². The van der Waals surface area contributed by atoms with Crippen LogP contribution in [0.1, 0.15) is 48.0 Å². The first-order valence-electron chi connectivity index (χ1n) is 11.4. The number of fused-ring (bicyclic) bond motifs is 4. The molecule has 3 aliphatic rings. The van der Waals surface area contributed by atoms with Gasteiger partial charge in [0, 0.05) is 31.7 Å². The maximum atomic E-state index is 13.3. The third-order valence-electron chi connectivity index (χ3n) is 7.39. The number of benzene rings is 2. The van der Waals surface area contributed by atoms with Crippen LogP contribution < -0.4 is 5.32 Å². The zero-order valence-corrected chi connectivity index (χ0v) is 17.8. The number of piperidine rings is 2. The second-order valence-corrected chi connectivity index (χ2v) is 9.14. The average Bonchev–Trinajstić information content (AvgIpc) is 2.80. The summed E-state index contributed by atoms with van der Waals surface area (Å²) in [6, 6.07) is 15.4. The van der Waals surface area contributed by atoms with Crippen molar-refractivity contribution >= 4 is 6.03 Å². The van der Waals surface area contributed by atoms with Crippen LogP contribution in [0.5, 0.6) is 5.75 Å². The first kappa shape index (κ1) is 20.3. The Morgan fingerprint density at radius 2 is 2.03 bits per heavy atom. The minimum atomic E-state index is -0.532. The highest BCUT2D eigenvalue weighted by Crippen LogP contribution is 2.42. The van der Waals surface area contributed by atoms with E-state index in [4.69, 9.17) is 0 Å². The Kier molecular flexibility index (Phi) is 5.59. The number of nitrogens with zero attached hydrogens (tertiary/aromatic N) is 2. The Balaban J connectivity index is 1.35. The number of hydrogen-bond donors (Lipinski definition) is 3. The van der Waals surface area contributed by atoms with E-state index in [1.807, 2.05) is 11.0 Å². The standard InChI is InChI=1S/C25H31N3O3/c29-16-22(18-6-3-8-20(30)13-18)26-25(31)28-11-4-7-19-15-27-12-10-17-5-1-2-9-21(17)24(27)14-23(19)28/h1-3,5-6,8-9,13,19,22-24,29-30H,4,7,10-12,14-16H2,(H,26,31)/t19-,22+,23+,24-/m1/s1. The molecule has 5 rings (SSSR count). The largest absolute Gasteiger partial charge is 0.508 e. The van der Waals surface area contributed by atoms with Gasteiger partial charge in [-0.15, -0.1) is 0 Å². The molecule has 2 amide bonds. The van der Waals surface area contributed by atoms with Gasteiger partial charge in [-0.1, -0.05) is 36.4 Å². The lowest BCUT2D eigenvalue weighted by molar-refractivity contribution is 0.00486. The lowest BCUT2D eigenvalue weighted by atomic mass is 9.77. The average molecular weight is 422 g/mol. The summed E-state index contributed by atoms with van der Waals surface area (Å²) in [7, 11) is 0. The number of likely N-dealkylation sites (tertiary alicyclic amines) is 1. The molecule has 164 valence electrons. The maximum absolute atomic E-state index is 13.3. The molecule has 2 aromatic carbocycles. The first-order valence-corrected chi connectivity index (χ1v) is 11.4. The molecule has 3 aliphatic heterocycles. The molecule has 0 aliphatic carbocycles. The normalized spacial score (nSPS) is 26.4. The smallest absolute Gasteiger partial charge is 0.318 e. The van der Waals surface area contributed by atoms with Gasteiger partial charge in [0.05, 0.1) is 12.6 Å². The van der Waals surface area contributed by atoms with Crippen LogP contribution in [0.4, 0.5) is 4.79 Å². The quantitative estimate of drug-likeness (QED) is 0.711. The highest BCUT2D eigenvalue weighted by atomic mass is 16.3. The Bertz CT molecular complexity index is 949. The lowest BCUT2D eigenvalue weighted by Crippen LogP contribution is -2.59. The number of amides is 2. The first-order chi connectivity index (χ1) is 15.1. The van der Waals surface area contributed by atoms with E-state index in [9.17, 15) is 15.0 Å². The minimum absolute atomic E-state index is 0.116. The maximum Gasteiger partial charge on any atom is 0.318 e. The van der Waals surface area contributed by atoms with E-state index < -0.39 is 6.04 Å². The predicted molar refractivity (Wildman–Crippen MR) is 119 cm³/mol. The summed E-state index contributed by atoms with van der Waals surface area (Å²) in [6.07, 6.45) is 4.25. The van der Waals surface area contributed by atoms with Crippen molar-refractivity contribution in [3.8, 4) is 5.75 Å². The molecule has 6 nitrogen and oxygen atoms in total. The van der Waals surface area contributed by atoms with Crippen LogP contribution in [0.25, 0.3) is 0 Å². The summed E-state index contributed by atoms with van der Waals surface area (Å²) >= 11 is 0. The molecule has 3 N–H and O–H groups in total. The lowest BCUT2D eigenvalue weighted by Gasteiger charge is -2.52. The molecular formula is C25H31N3O3. The van der Waals surface area contributed by atoms with E-state index in [-0.39, 0.29) is 24.4 Å². The number of carbonyl (C=O) groups excluding carboxylic acids is 1. The highest BCUT2D eigenvalue weighted by molar-refractivity contribution is 5.75. The number of aromatic hydroxyl groups is 1. The van der Waals surface area contributed by atoms with Crippen LogP contribution in [-0.4, -0.2) is 58.3 Å². The van der Waals surface area contributed by atoms with Crippen LogP contribution in [-0.2, 0) is 6.42 Å². The Morgan fingerprint density at radius 3 is 2.87 bits per heavy atom. The van der Waals surface area contributed by atoms with Crippen molar-refractivity contribution in [2.75, 3.05) is 26.2 Å². The molecule has 2 fully saturated rings. The molecule has 31 heavy (non-hydrogen) atoms. The summed E-state index contributed by atoms with van der Waals surface area (Å²) in [5.74, 6) is 0.626. The number of phenolic OH excluding ortho intramolecular Hbond substituents is 1. The topological polar surface area (TPSA) is 76.0 Å². The fraction of sp³-hybridized carbons (Fsp3) is 0.480. The molecule has 0 unspecified atom stereocenters. The number of phenols is 1. The van der Waals surface area contributed by atoms with E-state index in [1.54, 1.807) is 18.2 Å². The number of carbonyl (C=O) groups is 1. The van der Waals surface area contributed by atoms with Gasteiger partial charge in [-0.3, -0.25) is 4.90 Å². The second-order valence-electron chi connectivity index (χ2n) is 9.14. The molecule has 0 aromatic heterocycles. The van der Waals surface area contributed by atoms with Crippen LogP contribution in [0.2, 0.25) is 0 Å². The van der Waals surface area contributed by atoms with Crippen molar-refractivity contribution in [1.82, 2.24) is 15.1 Å². The van der Waals surface area contributed by atoms with E-state index in [0.717, 1.165) is 45.3 Å². The van der Waals surface area contributed by atoms with Gasteiger partial charge in [-0.05, 0) is 60.4 Å². The number of nitrogens with one attached hydrogen (secondary N) is 1. The number of rotatable bonds is 3. The zero-order chi connectivity index (χ0) is 21.4. The van der Waals surface area contributed by atoms with Gasteiger partial charge in [0.25, 0.3) is 0 Å². The number of aliphatic hydroxyl groups is 1. The van der Waals surface area contributed by atoms with Crippen LogP contribution >= 0.6 is 0 Å². The Hall–Kier alpha value is -2.57. The van der Waals surface area contributed by atoms with E-state index in [2.05, 4.69) is 34.5 Å². The van der Waals surface area contributed by atoms with E-state index in [1.165, 1.54) is 11.1 Å². The van der Waals surface area contributed by atoms with E-state index in [0.29, 0.717) is 17.5 Å². The predicted octanol–water partition coefficient (Wildman–Crippen LogP) is 3.22. The fourth-order valence-corrected chi connectivity index (χ4v) is 5.86. The van der Waals surface area contributed by atoms with Gasteiger partial charge in [0.1, 0.15) is 5.75 Å². The van der Waals surface area contributed by atoms with Crippen molar-refractivity contribution in [3.05, 3.63) is 65.2 Å². The third kappa shape index (κ3) is 3.90. The molecular weight excluding hydrogens is 390 g/mol. The molecule has 4 atom stereocenters. The van der Waals surface area contributed by atoms with Crippen LogP contribution in [0, 0.1) is 5.92 Å². The molecule has 0 bridgehead atoms. The minimum Gasteiger partial charge on any atom is -0.508 e. The van der Waals surface area contributed by atoms with Gasteiger partial charge in [0.15, 0.2) is 0 Å². The second kappa shape index (κ2) is 8.52. The fourth-order valence-electron chi connectivity index (χ4n) is 5.86. The van der Waals surface area contributed by atoms with Gasteiger partial charge < -0.3 is 20.4 Å². The van der Waals surface area contributed by atoms with Crippen molar-refractivity contribution in [3.63, 3.8) is 0 Å². The Morgan fingerprint density at radius 1 is 1.16 bits per heavy atom. The molecule has 6 heteroatoms. The summed E-state index contributed by atoms with van der Waals surface area (Å²) in [4.78, 5) is 17.9. The monoisotopic (exact) mass is 421 g/mol. The number of hydrogen-bond acceptors (Lipinski definition) is 4. The van der Waals surface area contributed by atoms with Gasteiger partial charge in [-0.2, -0.15) is 0 Å². The summed E-state index contributed by atoms with van der Waals surface area (Å²) in [5.41, 5.74) is 3.57. The van der Waals surface area contributed by atoms with Gasteiger partial charge in [-0.25, -0.2) is 4.79 Å². The van der Waals surface area contributed by atoms with Crippen molar-refractivity contribution in [2.24, 2.45) is 5.92 Å². The summed E-state index contributed by atoms with van der Waals surface area (Å²) in [5, 5.41) is 22.7. The summed E-state index contributed by atoms with van der Waals surface area (Å²) in [6.45, 7) is 2.69. The van der Waals surface area contributed by atoms with Gasteiger partial charge in [0.2, 0.25) is 0 Å². The zero-order valence-electron chi connectivity index (χ0n) is 17.8. The van der Waals surface area contributed by atoms with Crippen LogP contribution in [0.3, 0.4) is 0 Å². The summed E-state index contributed by atoms with van der Waals surface area (Å²) < 4.78 is 0. The Labute approximate surface area is 183 Å². The molecule has 0 radical (unpaired) electrons. The third-order valence-corrected chi connectivity index (χ3v) is 7.39. The van der Waals surface area contributed by atoms with Crippen molar-refractivity contribution in [2.45, 2.75) is 43.8 Å². The molecule has 2 aromatic rings. The molecule has 0 spiro atoms. The van der Waals surface area contributed by atoms with Crippen molar-refractivity contribution < 1.29 is 15.0 Å². The van der Waals surface area contributed by atoms with E-state index >= 15 is 0 Å². The molecule has 0 saturated carbocycles. The molecule has 2 saturated heterocycles. The molecule has 3 heterocycles. The van der Waals surface area contributed by atoms with Gasteiger partial charge >= 0.3 is 6.03 Å².